The van der Waals surface area contributed by atoms with Crippen molar-refractivity contribution >= 4 is 35.4 Å². The van der Waals surface area contributed by atoms with Gasteiger partial charge in [0.05, 0.1) is 12.7 Å². The van der Waals surface area contributed by atoms with E-state index in [1.54, 1.807) is 30.1 Å². The van der Waals surface area contributed by atoms with Crippen molar-refractivity contribution in [3.8, 4) is 0 Å². The first-order valence-corrected chi connectivity index (χ1v) is 8.97. The van der Waals surface area contributed by atoms with Gasteiger partial charge in [-0.05, 0) is 36.3 Å². The Morgan fingerprint density at radius 1 is 1.48 bits per heavy atom. The fraction of sp³-hybridized carbons (Fsp3) is 0.500. The molecule has 0 saturated heterocycles. The van der Waals surface area contributed by atoms with Crippen molar-refractivity contribution in [1.82, 2.24) is 10.3 Å². The van der Waals surface area contributed by atoms with E-state index in [4.69, 9.17) is 4.74 Å². The number of carbonyl (C=O) groups is 2. The first-order valence-electron chi connectivity index (χ1n) is 6.59. The molecule has 0 saturated carbocycles. The Morgan fingerprint density at radius 3 is 2.86 bits per heavy atom. The predicted octanol–water partition coefficient (Wildman–Crippen LogP) is 2.22. The van der Waals surface area contributed by atoms with E-state index in [9.17, 15) is 9.59 Å². The summed E-state index contributed by atoms with van der Waals surface area (Å²) in [6.45, 7) is 2.00. The molecular formula is C14H20N2O3S2. The molecule has 116 valence electrons. The molecule has 1 amide bonds. The minimum Gasteiger partial charge on any atom is -0.467 e. The van der Waals surface area contributed by atoms with E-state index in [-0.39, 0.29) is 5.91 Å². The summed E-state index contributed by atoms with van der Waals surface area (Å²) < 4.78 is 4.74. The maximum Gasteiger partial charge on any atom is 0.328 e. The number of nitrogens with one attached hydrogen (secondary N) is 1. The highest BCUT2D eigenvalue weighted by Gasteiger charge is 2.23. The molecule has 0 fully saturated rings. The van der Waals surface area contributed by atoms with Crippen molar-refractivity contribution in [2.75, 3.05) is 24.9 Å². The number of amides is 1. The van der Waals surface area contributed by atoms with Crippen LogP contribution in [0.1, 0.15) is 23.7 Å². The topological polar surface area (TPSA) is 68.3 Å². The van der Waals surface area contributed by atoms with Gasteiger partial charge in [-0.15, -0.1) is 11.8 Å². The molecule has 21 heavy (non-hydrogen) atoms. The van der Waals surface area contributed by atoms with Gasteiger partial charge in [0.2, 0.25) is 0 Å². The van der Waals surface area contributed by atoms with Crippen molar-refractivity contribution in [2.45, 2.75) is 24.4 Å². The summed E-state index contributed by atoms with van der Waals surface area (Å²) in [5.41, 5.74) is 0.488. The first-order chi connectivity index (χ1) is 10.1. The Hall–Kier alpha value is -1.21. The number of ether oxygens (including phenoxy) is 1. The number of carbonyl (C=O) groups excluding carboxylic acids is 2. The Labute approximate surface area is 133 Å². The molecule has 0 radical (unpaired) electrons. The van der Waals surface area contributed by atoms with Crippen LogP contribution in [0.3, 0.4) is 0 Å². The zero-order valence-electron chi connectivity index (χ0n) is 12.4. The van der Waals surface area contributed by atoms with Gasteiger partial charge in [-0.25, -0.2) is 9.78 Å². The van der Waals surface area contributed by atoms with Crippen molar-refractivity contribution in [1.29, 1.82) is 0 Å². The van der Waals surface area contributed by atoms with E-state index >= 15 is 0 Å². The van der Waals surface area contributed by atoms with Gasteiger partial charge in [0.15, 0.2) is 0 Å². The SMILES string of the molecule is CCSc1ncccc1C(=O)N[C@@H](CCSC)C(=O)OC. The maximum absolute atomic E-state index is 12.4. The summed E-state index contributed by atoms with van der Waals surface area (Å²) in [4.78, 5) is 28.3. The lowest BCUT2D eigenvalue weighted by Gasteiger charge is -2.16. The molecule has 0 aliphatic carbocycles. The van der Waals surface area contributed by atoms with Crippen LogP contribution in [0.5, 0.6) is 0 Å². The minimum atomic E-state index is -0.630. The van der Waals surface area contributed by atoms with Crippen LogP contribution in [0.4, 0.5) is 0 Å². The van der Waals surface area contributed by atoms with Crippen molar-refractivity contribution in [2.24, 2.45) is 0 Å². The second-order valence-corrected chi connectivity index (χ2v) is 6.36. The van der Waals surface area contributed by atoms with Gasteiger partial charge < -0.3 is 10.1 Å². The maximum atomic E-state index is 12.4. The highest BCUT2D eigenvalue weighted by Crippen LogP contribution is 2.19. The molecule has 1 aromatic rings. The molecule has 1 N–H and O–H groups in total. The van der Waals surface area contributed by atoms with E-state index in [2.05, 4.69) is 10.3 Å². The largest absolute Gasteiger partial charge is 0.467 e. The van der Waals surface area contributed by atoms with Crippen LogP contribution in [-0.2, 0) is 9.53 Å². The van der Waals surface area contributed by atoms with Crippen molar-refractivity contribution < 1.29 is 14.3 Å². The summed E-state index contributed by atoms with van der Waals surface area (Å²) in [5, 5.41) is 3.41. The van der Waals surface area contributed by atoms with Gasteiger partial charge in [-0.2, -0.15) is 11.8 Å². The summed E-state index contributed by atoms with van der Waals surface area (Å²) in [6.07, 6.45) is 4.14. The summed E-state index contributed by atoms with van der Waals surface area (Å²) in [7, 11) is 1.32. The molecule has 0 bridgehead atoms. The second kappa shape index (κ2) is 9.68. The minimum absolute atomic E-state index is 0.296. The van der Waals surface area contributed by atoms with Crippen LogP contribution in [0.15, 0.2) is 23.4 Å². The average Bonchev–Trinajstić information content (AvgIpc) is 2.51. The van der Waals surface area contributed by atoms with E-state index in [1.165, 1.54) is 18.9 Å². The highest BCUT2D eigenvalue weighted by molar-refractivity contribution is 7.99. The number of hydrogen-bond donors (Lipinski definition) is 1. The number of thioether (sulfide) groups is 2. The third kappa shape index (κ3) is 5.59. The quantitative estimate of drug-likeness (QED) is 0.583. The molecule has 0 aliphatic heterocycles. The lowest BCUT2D eigenvalue weighted by Crippen LogP contribution is -2.42. The molecule has 7 heteroatoms. The van der Waals surface area contributed by atoms with Crippen molar-refractivity contribution in [3.05, 3.63) is 23.9 Å². The van der Waals surface area contributed by atoms with Gasteiger partial charge >= 0.3 is 5.97 Å². The van der Waals surface area contributed by atoms with Gasteiger partial charge in [0.1, 0.15) is 11.1 Å². The fourth-order valence-corrected chi connectivity index (χ4v) is 2.87. The number of esters is 1. The zero-order valence-corrected chi connectivity index (χ0v) is 14.1. The number of nitrogens with zero attached hydrogens (tertiary/aromatic N) is 1. The Kier molecular flexibility index (Phi) is 8.22. The zero-order chi connectivity index (χ0) is 15.7. The number of hydrogen-bond acceptors (Lipinski definition) is 6. The van der Waals surface area contributed by atoms with E-state index in [0.29, 0.717) is 17.0 Å². The smallest absolute Gasteiger partial charge is 0.328 e. The molecule has 1 rings (SSSR count). The fourth-order valence-electron chi connectivity index (χ4n) is 1.68. The molecule has 1 atom stereocenters. The molecule has 1 aromatic heterocycles. The first kappa shape index (κ1) is 17.8. The third-order valence-corrected chi connectivity index (χ3v) is 4.23. The van der Waals surface area contributed by atoms with E-state index in [0.717, 1.165) is 11.5 Å². The normalized spacial score (nSPS) is 11.8. The van der Waals surface area contributed by atoms with Crippen LogP contribution in [0, 0.1) is 0 Å². The monoisotopic (exact) mass is 328 g/mol. The lowest BCUT2D eigenvalue weighted by atomic mass is 10.2. The lowest BCUT2D eigenvalue weighted by molar-refractivity contribution is -0.142. The van der Waals surface area contributed by atoms with Crippen LogP contribution >= 0.6 is 23.5 Å². The Bertz CT molecular complexity index is 483. The Morgan fingerprint density at radius 2 is 2.24 bits per heavy atom. The van der Waals surface area contributed by atoms with Gasteiger partial charge in [-0.3, -0.25) is 4.79 Å². The molecule has 0 spiro atoms. The molecule has 0 unspecified atom stereocenters. The molecule has 0 aromatic carbocycles. The molecular weight excluding hydrogens is 308 g/mol. The predicted molar refractivity (Wildman–Crippen MR) is 86.9 cm³/mol. The number of methoxy groups -OCH3 is 1. The summed E-state index contributed by atoms with van der Waals surface area (Å²) in [6, 6.07) is 2.79. The van der Waals surface area contributed by atoms with Crippen LogP contribution in [0.2, 0.25) is 0 Å². The number of pyridine rings is 1. The summed E-state index contributed by atoms with van der Waals surface area (Å²) in [5.74, 6) is 0.870. The van der Waals surface area contributed by atoms with Gasteiger partial charge in [0, 0.05) is 6.20 Å². The van der Waals surface area contributed by atoms with Crippen LogP contribution < -0.4 is 5.32 Å². The van der Waals surface area contributed by atoms with Crippen LogP contribution in [0.25, 0.3) is 0 Å². The van der Waals surface area contributed by atoms with Crippen molar-refractivity contribution in [3.63, 3.8) is 0 Å². The van der Waals surface area contributed by atoms with Crippen LogP contribution in [-0.4, -0.2) is 47.8 Å². The highest BCUT2D eigenvalue weighted by atomic mass is 32.2. The van der Waals surface area contributed by atoms with E-state index < -0.39 is 12.0 Å². The van der Waals surface area contributed by atoms with Gasteiger partial charge in [0.25, 0.3) is 5.91 Å². The average molecular weight is 328 g/mol. The number of rotatable bonds is 8. The van der Waals surface area contributed by atoms with E-state index in [1.807, 2.05) is 13.2 Å². The third-order valence-electron chi connectivity index (χ3n) is 2.70. The summed E-state index contributed by atoms with van der Waals surface area (Å²) >= 11 is 3.11. The Balaban J connectivity index is 2.83. The molecule has 1 heterocycles. The van der Waals surface area contributed by atoms with Gasteiger partial charge in [-0.1, -0.05) is 6.92 Å². The molecule has 0 aliphatic rings. The number of aromatic nitrogens is 1. The second-order valence-electron chi connectivity index (χ2n) is 4.12. The molecule has 5 nitrogen and oxygen atoms in total. The standard InChI is InChI=1S/C14H20N2O3S2/c1-4-21-13-10(6-5-8-15-13)12(17)16-11(7-9-20-3)14(18)19-2/h5-6,8,11H,4,7,9H2,1-3H3,(H,16,17)/t11-/m0/s1.